The van der Waals surface area contributed by atoms with Crippen molar-refractivity contribution < 1.29 is 4.79 Å². The molecule has 2 aliphatic rings. The quantitative estimate of drug-likeness (QED) is 0.916. The van der Waals surface area contributed by atoms with Crippen LogP contribution in [0.4, 0.5) is 5.82 Å². The van der Waals surface area contributed by atoms with E-state index >= 15 is 0 Å². The summed E-state index contributed by atoms with van der Waals surface area (Å²) < 4.78 is 0. The normalized spacial score (nSPS) is 21.0. The largest absolute Gasteiger partial charge is 0.356 e. The fourth-order valence-corrected chi connectivity index (χ4v) is 3.88. The number of nitrogens with zero attached hydrogens (tertiary/aromatic N) is 3. The van der Waals surface area contributed by atoms with Crippen molar-refractivity contribution >= 4 is 11.7 Å². The first-order valence-corrected chi connectivity index (χ1v) is 9.74. The van der Waals surface area contributed by atoms with Gasteiger partial charge in [0.1, 0.15) is 11.6 Å². The number of hydrogen-bond acceptors (Lipinski definition) is 4. The molecule has 25 heavy (non-hydrogen) atoms. The van der Waals surface area contributed by atoms with Crippen molar-refractivity contribution in [3.05, 3.63) is 17.1 Å². The smallest absolute Gasteiger partial charge is 0.225 e. The highest BCUT2D eigenvalue weighted by Crippen LogP contribution is 2.30. The molecule has 1 aromatic rings. The molecule has 5 heteroatoms. The molecule has 1 unspecified atom stereocenters. The van der Waals surface area contributed by atoms with E-state index in [-0.39, 0.29) is 11.3 Å². The number of fused-ring (bicyclic) bond motifs is 1. The third kappa shape index (κ3) is 4.31. The van der Waals surface area contributed by atoms with Gasteiger partial charge in [-0.1, -0.05) is 20.8 Å². The highest BCUT2D eigenvalue weighted by atomic mass is 16.2. The molecular formula is C20H32N4O. The van der Waals surface area contributed by atoms with E-state index in [2.05, 4.69) is 15.2 Å². The summed E-state index contributed by atoms with van der Waals surface area (Å²) in [7, 11) is 0. The lowest BCUT2D eigenvalue weighted by atomic mass is 9.92. The molecule has 0 bridgehead atoms. The van der Waals surface area contributed by atoms with Gasteiger partial charge in [0.2, 0.25) is 5.91 Å². The Morgan fingerprint density at radius 1 is 1.20 bits per heavy atom. The van der Waals surface area contributed by atoms with Crippen LogP contribution in [0.25, 0.3) is 0 Å². The van der Waals surface area contributed by atoms with Crippen LogP contribution in [0.3, 0.4) is 0 Å². The number of rotatable bonds is 3. The third-order valence-electron chi connectivity index (χ3n) is 5.32. The van der Waals surface area contributed by atoms with Crippen molar-refractivity contribution in [3.63, 3.8) is 0 Å². The SMILES string of the molecule is Cc1nc2c(c(N3CCCC(CNC(=O)C(C)(C)C)C3)n1)CCCC2. The standard InChI is InChI=1S/C20H32N4O/c1-14-22-17-10-6-5-9-16(17)18(23-14)24-11-7-8-15(13-24)12-21-19(25)20(2,3)4/h15H,5-13H2,1-4H3,(H,21,25). The van der Waals surface area contributed by atoms with E-state index in [0.717, 1.165) is 50.5 Å². The Bertz CT molecular complexity index is 635. The van der Waals surface area contributed by atoms with Gasteiger partial charge in [0.25, 0.3) is 0 Å². The fourth-order valence-electron chi connectivity index (χ4n) is 3.88. The number of nitrogens with one attached hydrogen (secondary N) is 1. The van der Waals surface area contributed by atoms with Gasteiger partial charge in [-0.05, 0) is 51.4 Å². The maximum Gasteiger partial charge on any atom is 0.225 e. The fraction of sp³-hybridized carbons (Fsp3) is 0.750. The van der Waals surface area contributed by atoms with Gasteiger partial charge >= 0.3 is 0 Å². The summed E-state index contributed by atoms with van der Waals surface area (Å²) >= 11 is 0. The summed E-state index contributed by atoms with van der Waals surface area (Å²) in [6.07, 6.45) is 7.01. The molecule has 1 aliphatic heterocycles. The van der Waals surface area contributed by atoms with Crippen molar-refractivity contribution in [2.45, 2.75) is 66.2 Å². The van der Waals surface area contributed by atoms with E-state index in [1.165, 1.54) is 30.5 Å². The van der Waals surface area contributed by atoms with E-state index < -0.39 is 0 Å². The molecular weight excluding hydrogens is 312 g/mol. The van der Waals surface area contributed by atoms with E-state index in [0.29, 0.717) is 5.92 Å². The lowest BCUT2D eigenvalue weighted by molar-refractivity contribution is -0.128. The highest BCUT2D eigenvalue weighted by Gasteiger charge is 2.27. The topological polar surface area (TPSA) is 58.1 Å². The van der Waals surface area contributed by atoms with E-state index in [9.17, 15) is 4.79 Å². The van der Waals surface area contributed by atoms with E-state index in [1.807, 2.05) is 27.7 Å². The summed E-state index contributed by atoms with van der Waals surface area (Å²) in [6, 6.07) is 0. The molecule has 1 fully saturated rings. The van der Waals surface area contributed by atoms with Gasteiger partial charge in [0, 0.05) is 36.3 Å². The van der Waals surface area contributed by atoms with E-state index in [4.69, 9.17) is 4.98 Å². The lowest BCUT2D eigenvalue weighted by Crippen LogP contribution is -2.44. The zero-order valence-corrected chi connectivity index (χ0v) is 16.2. The number of hydrogen-bond donors (Lipinski definition) is 1. The number of aromatic nitrogens is 2. The second kappa shape index (κ2) is 7.30. The second-order valence-electron chi connectivity index (χ2n) is 8.64. The Morgan fingerprint density at radius 3 is 2.72 bits per heavy atom. The Labute approximate surface area is 151 Å². The van der Waals surface area contributed by atoms with Crippen molar-refractivity contribution in [2.24, 2.45) is 11.3 Å². The number of carbonyl (C=O) groups is 1. The summed E-state index contributed by atoms with van der Waals surface area (Å²) in [4.78, 5) is 24.1. The predicted octanol–water partition coefficient (Wildman–Crippen LogP) is 3.04. The monoisotopic (exact) mass is 344 g/mol. The van der Waals surface area contributed by atoms with Crippen LogP contribution in [-0.2, 0) is 17.6 Å². The zero-order chi connectivity index (χ0) is 18.0. The average molecular weight is 345 g/mol. The van der Waals surface area contributed by atoms with Gasteiger partial charge in [0.05, 0.1) is 0 Å². The molecule has 0 aromatic carbocycles. The van der Waals surface area contributed by atoms with Gasteiger partial charge in [-0.25, -0.2) is 9.97 Å². The van der Waals surface area contributed by atoms with Gasteiger partial charge in [-0.15, -0.1) is 0 Å². The zero-order valence-electron chi connectivity index (χ0n) is 16.2. The van der Waals surface area contributed by atoms with Crippen LogP contribution in [0.15, 0.2) is 0 Å². The molecule has 1 amide bonds. The number of anilines is 1. The van der Waals surface area contributed by atoms with Crippen LogP contribution in [0.5, 0.6) is 0 Å². The molecule has 1 saturated heterocycles. The molecule has 5 nitrogen and oxygen atoms in total. The maximum absolute atomic E-state index is 12.1. The van der Waals surface area contributed by atoms with E-state index in [1.54, 1.807) is 0 Å². The van der Waals surface area contributed by atoms with Gasteiger partial charge < -0.3 is 10.2 Å². The van der Waals surface area contributed by atoms with Crippen LogP contribution >= 0.6 is 0 Å². The van der Waals surface area contributed by atoms with Crippen molar-refractivity contribution in [3.8, 4) is 0 Å². The molecule has 0 radical (unpaired) electrons. The van der Waals surface area contributed by atoms with Crippen LogP contribution < -0.4 is 10.2 Å². The Kier molecular flexibility index (Phi) is 5.30. The van der Waals surface area contributed by atoms with Crippen LogP contribution in [0.2, 0.25) is 0 Å². The summed E-state index contributed by atoms with van der Waals surface area (Å²) in [5, 5.41) is 3.14. The average Bonchev–Trinajstić information content (AvgIpc) is 2.58. The molecule has 3 rings (SSSR count). The molecule has 1 aromatic heterocycles. The number of carbonyl (C=O) groups excluding carboxylic acids is 1. The third-order valence-corrected chi connectivity index (χ3v) is 5.32. The van der Waals surface area contributed by atoms with Crippen molar-refractivity contribution in [2.75, 3.05) is 24.5 Å². The number of amides is 1. The Hall–Kier alpha value is -1.65. The van der Waals surface area contributed by atoms with Gasteiger partial charge in [-0.2, -0.15) is 0 Å². The molecule has 0 spiro atoms. The molecule has 1 atom stereocenters. The van der Waals surface area contributed by atoms with Gasteiger partial charge in [-0.3, -0.25) is 4.79 Å². The first-order valence-electron chi connectivity index (χ1n) is 9.74. The number of piperidine rings is 1. The van der Waals surface area contributed by atoms with Crippen LogP contribution in [-0.4, -0.2) is 35.5 Å². The van der Waals surface area contributed by atoms with Crippen molar-refractivity contribution in [1.29, 1.82) is 0 Å². The number of aryl methyl sites for hydroxylation is 2. The molecule has 0 saturated carbocycles. The Balaban J connectivity index is 1.70. The summed E-state index contributed by atoms with van der Waals surface area (Å²) in [5.74, 6) is 2.68. The minimum absolute atomic E-state index is 0.139. The molecule has 1 N–H and O–H groups in total. The summed E-state index contributed by atoms with van der Waals surface area (Å²) in [5.41, 5.74) is 2.31. The molecule has 1 aliphatic carbocycles. The first kappa shape index (κ1) is 18.2. The maximum atomic E-state index is 12.1. The molecule has 138 valence electrons. The van der Waals surface area contributed by atoms with Crippen LogP contribution in [0.1, 0.15) is 63.5 Å². The van der Waals surface area contributed by atoms with Gasteiger partial charge in [0.15, 0.2) is 0 Å². The lowest BCUT2D eigenvalue weighted by Gasteiger charge is -2.36. The first-order chi connectivity index (χ1) is 11.8. The van der Waals surface area contributed by atoms with Crippen molar-refractivity contribution in [1.82, 2.24) is 15.3 Å². The highest BCUT2D eigenvalue weighted by molar-refractivity contribution is 5.81. The minimum Gasteiger partial charge on any atom is -0.356 e. The second-order valence-corrected chi connectivity index (χ2v) is 8.64. The van der Waals surface area contributed by atoms with Crippen LogP contribution in [0, 0.1) is 18.3 Å². The summed E-state index contributed by atoms with van der Waals surface area (Å²) in [6.45, 7) is 10.7. The predicted molar refractivity (Wildman–Crippen MR) is 101 cm³/mol. The Morgan fingerprint density at radius 2 is 1.96 bits per heavy atom. The molecule has 2 heterocycles. The minimum atomic E-state index is -0.322.